The molecule has 2 N–H and O–H groups in total. The van der Waals surface area contributed by atoms with Crippen LogP contribution in [0.1, 0.15) is 24.5 Å². The number of nitrogens with two attached hydrogens (primary N) is 1. The predicted molar refractivity (Wildman–Crippen MR) is 59.7 cm³/mol. The second-order valence-corrected chi connectivity index (χ2v) is 3.77. The summed E-state index contributed by atoms with van der Waals surface area (Å²) in [4.78, 5) is 0. The quantitative estimate of drug-likeness (QED) is 0.796. The third-order valence-corrected chi connectivity index (χ3v) is 2.44. The molecule has 0 fully saturated rings. The van der Waals surface area contributed by atoms with Gasteiger partial charge in [0.25, 0.3) is 0 Å². The van der Waals surface area contributed by atoms with Gasteiger partial charge in [-0.15, -0.1) is 0 Å². The maximum atomic E-state index is 5.74. The second kappa shape index (κ2) is 5.01. The minimum Gasteiger partial charge on any atom is -0.496 e. The Morgan fingerprint density at radius 1 is 1.43 bits per heavy atom. The van der Waals surface area contributed by atoms with Gasteiger partial charge in [-0.05, 0) is 43.9 Å². The molecule has 2 nitrogen and oxygen atoms in total. The van der Waals surface area contributed by atoms with Crippen molar-refractivity contribution in [1.29, 1.82) is 0 Å². The summed E-state index contributed by atoms with van der Waals surface area (Å²) in [5.41, 5.74) is 8.31. The lowest BCUT2D eigenvalue weighted by atomic mass is 10.0. The molecular formula is C12H19NO. The number of methoxy groups -OCH3 is 1. The first-order chi connectivity index (χ1) is 6.65. The van der Waals surface area contributed by atoms with Gasteiger partial charge in [-0.1, -0.05) is 12.1 Å². The summed E-state index contributed by atoms with van der Waals surface area (Å²) >= 11 is 0. The van der Waals surface area contributed by atoms with Crippen molar-refractivity contribution in [1.82, 2.24) is 0 Å². The summed E-state index contributed by atoms with van der Waals surface area (Å²) in [6.45, 7) is 4.14. The van der Waals surface area contributed by atoms with E-state index in [2.05, 4.69) is 13.0 Å². The van der Waals surface area contributed by atoms with Crippen LogP contribution in [0.4, 0.5) is 0 Å². The number of hydrogen-bond acceptors (Lipinski definition) is 2. The largest absolute Gasteiger partial charge is 0.496 e. The van der Waals surface area contributed by atoms with Gasteiger partial charge >= 0.3 is 0 Å². The molecule has 0 bridgehead atoms. The van der Waals surface area contributed by atoms with E-state index in [1.165, 1.54) is 11.1 Å². The molecule has 0 saturated carbocycles. The minimum absolute atomic E-state index is 0.249. The van der Waals surface area contributed by atoms with Crippen molar-refractivity contribution in [2.45, 2.75) is 32.7 Å². The average Bonchev–Trinajstić information content (AvgIpc) is 2.15. The minimum atomic E-state index is 0.249. The summed E-state index contributed by atoms with van der Waals surface area (Å²) in [6.07, 6.45) is 1.99. The molecular weight excluding hydrogens is 174 g/mol. The lowest BCUT2D eigenvalue weighted by Crippen LogP contribution is -2.15. The van der Waals surface area contributed by atoms with Gasteiger partial charge in [0.05, 0.1) is 7.11 Å². The van der Waals surface area contributed by atoms with Gasteiger partial charge in [-0.3, -0.25) is 0 Å². The Bertz CT molecular complexity index is 294. The van der Waals surface area contributed by atoms with Crippen LogP contribution in [0.25, 0.3) is 0 Å². The molecule has 0 amide bonds. The van der Waals surface area contributed by atoms with Gasteiger partial charge in [-0.25, -0.2) is 0 Å². The number of hydrogen-bond donors (Lipinski definition) is 1. The first-order valence-electron chi connectivity index (χ1n) is 5.03. The van der Waals surface area contributed by atoms with Gasteiger partial charge in [-0.2, -0.15) is 0 Å². The van der Waals surface area contributed by atoms with Crippen LogP contribution in [0, 0.1) is 6.92 Å². The van der Waals surface area contributed by atoms with Crippen molar-refractivity contribution in [3.8, 4) is 5.75 Å². The maximum absolute atomic E-state index is 5.74. The van der Waals surface area contributed by atoms with Crippen molar-refractivity contribution >= 4 is 0 Å². The Balaban J connectivity index is 2.82. The molecule has 0 aliphatic carbocycles. The third kappa shape index (κ3) is 2.74. The zero-order valence-corrected chi connectivity index (χ0v) is 9.21. The van der Waals surface area contributed by atoms with E-state index in [9.17, 15) is 0 Å². The van der Waals surface area contributed by atoms with Crippen molar-refractivity contribution in [2.75, 3.05) is 7.11 Å². The fraction of sp³-hybridized carbons (Fsp3) is 0.500. The highest BCUT2D eigenvalue weighted by molar-refractivity contribution is 5.39. The average molecular weight is 193 g/mol. The van der Waals surface area contributed by atoms with Crippen LogP contribution in [0.2, 0.25) is 0 Å². The molecule has 0 aromatic heterocycles. The molecule has 1 aromatic carbocycles. The van der Waals surface area contributed by atoms with Crippen molar-refractivity contribution < 1.29 is 4.74 Å². The highest BCUT2D eigenvalue weighted by Crippen LogP contribution is 2.23. The molecule has 0 spiro atoms. The zero-order chi connectivity index (χ0) is 10.6. The van der Waals surface area contributed by atoms with Gasteiger partial charge in [0, 0.05) is 6.04 Å². The van der Waals surface area contributed by atoms with Gasteiger partial charge in [0.1, 0.15) is 5.75 Å². The van der Waals surface area contributed by atoms with Crippen LogP contribution in [0.15, 0.2) is 18.2 Å². The molecule has 0 unspecified atom stereocenters. The Labute approximate surface area is 86.1 Å². The standard InChI is InChI=1S/C12H19NO/c1-9-5-4-6-12(14-3)11(9)8-7-10(2)13/h4-6,10H,7-8,13H2,1-3H3/t10-/m1/s1. The van der Waals surface area contributed by atoms with E-state index in [0.29, 0.717) is 0 Å². The van der Waals surface area contributed by atoms with E-state index < -0.39 is 0 Å². The smallest absolute Gasteiger partial charge is 0.122 e. The zero-order valence-electron chi connectivity index (χ0n) is 9.21. The second-order valence-electron chi connectivity index (χ2n) is 3.77. The molecule has 0 heterocycles. The number of ether oxygens (including phenoxy) is 1. The fourth-order valence-corrected chi connectivity index (χ4v) is 1.56. The summed E-state index contributed by atoms with van der Waals surface area (Å²) in [6, 6.07) is 6.38. The first-order valence-corrected chi connectivity index (χ1v) is 5.03. The number of aryl methyl sites for hydroxylation is 1. The summed E-state index contributed by atoms with van der Waals surface area (Å²) in [5.74, 6) is 0.977. The molecule has 0 radical (unpaired) electrons. The normalized spacial score (nSPS) is 12.6. The molecule has 2 heteroatoms. The monoisotopic (exact) mass is 193 g/mol. The van der Waals surface area contributed by atoms with E-state index in [1.807, 2.05) is 19.1 Å². The first kappa shape index (κ1) is 11.1. The van der Waals surface area contributed by atoms with Crippen LogP contribution in [-0.4, -0.2) is 13.2 Å². The summed E-state index contributed by atoms with van der Waals surface area (Å²) in [7, 11) is 1.71. The van der Waals surface area contributed by atoms with E-state index in [1.54, 1.807) is 7.11 Å². The highest BCUT2D eigenvalue weighted by Gasteiger charge is 2.06. The highest BCUT2D eigenvalue weighted by atomic mass is 16.5. The van der Waals surface area contributed by atoms with Crippen molar-refractivity contribution in [3.05, 3.63) is 29.3 Å². The molecule has 14 heavy (non-hydrogen) atoms. The Hall–Kier alpha value is -1.02. The maximum Gasteiger partial charge on any atom is 0.122 e. The molecule has 0 aliphatic rings. The molecule has 1 rings (SSSR count). The van der Waals surface area contributed by atoms with Gasteiger partial charge in [0.2, 0.25) is 0 Å². The van der Waals surface area contributed by atoms with Crippen LogP contribution in [0.5, 0.6) is 5.75 Å². The van der Waals surface area contributed by atoms with Crippen LogP contribution in [0.3, 0.4) is 0 Å². The van der Waals surface area contributed by atoms with Crippen molar-refractivity contribution in [3.63, 3.8) is 0 Å². The SMILES string of the molecule is COc1cccc(C)c1CC[C@@H](C)N. The molecule has 1 atom stereocenters. The molecule has 1 aromatic rings. The van der Waals surface area contributed by atoms with Crippen LogP contribution >= 0.6 is 0 Å². The third-order valence-electron chi connectivity index (χ3n) is 2.44. The van der Waals surface area contributed by atoms with Crippen LogP contribution < -0.4 is 10.5 Å². The van der Waals surface area contributed by atoms with Gasteiger partial charge < -0.3 is 10.5 Å². The summed E-state index contributed by atoms with van der Waals surface area (Å²) < 4.78 is 5.32. The Kier molecular flexibility index (Phi) is 3.96. The summed E-state index contributed by atoms with van der Waals surface area (Å²) in [5, 5.41) is 0. The topological polar surface area (TPSA) is 35.2 Å². The van der Waals surface area contributed by atoms with Crippen molar-refractivity contribution in [2.24, 2.45) is 5.73 Å². The lowest BCUT2D eigenvalue weighted by molar-refractivity contribution is 0.408. The molecule has 0 aliphatic heterocycles. The number of rotatable bonds is 4. The predicted octanol–water partition coefficient (Wildman–Crippen LogP) is 2.28. The van der Waals surface area contributed by atoms with Crippen LogP contribution in [-0.2, 0) is 6.42 Å². The Morgan fingerprint density at radius 2 is 2.14 bits per heavy atom. The van der Waals surface area contributed by atoms with E-state index in [4.69, 9.17) is 10.5 Å². The van der Waals surface area contributed by atoms with E-state index in [-0.39, 0.29) is 6.04 Å². The lowest BCUT2D eigenvalue weighted by Gasteiger charge is -2.12. The molecule has 78 valence electrons. The Morgan fingerprint density at radius 3 is 2.71 bits per heavy atom. The van der Waals surface area contributed by atoms with Gasteiger partial charge in [0.15, 0.2) is 0 Å². The van der Waals surface area contributed by atoms with E-state index in [0.717, 1.165) is 18.6 Å². The number of benzene rings is 1. The fourth-order valence-electron chi connectivity index (χ4n) is 1.56. The van der Waals surface area contributed by atoms with E-state index >= 15 is 0 Å². The molecule has 0 saturated heterocycles.